The molecular weight excluding hydrogens is 252 g/mol. The monoisotopic (exact) mass is 262 g/mol. The van der Waals surface area contributed by atoms with Gasteiger partial charge in [-0.15, -0.1) is 0 Å². The lowest BCUT2D eigenvalue weighted by Crippen LogP contribution is -2.20. The summed E-state index contributed by atoms with van der Waals surface area (Å²) in [4.78, 5) is 15.5. The molecule has 0 spiro atoms. The van der Waals surface area contributed by atoms with E-state index in [9.17, 15) is 4.79 Å². The Morgan fingerprint density at radius 1 is 1.28 bits per heavy atom. The molecule has 0 aliphatic rings. The molecule has 0 saturated carbocycles. The van der Waals surface area contributed by atoms with Gasteiger partial charge in [-0.05, 0) is 36.4 Å². The number of pyridine rings is 1. The molecule has 0 fully saturated rings. The molecule has 0 aliphatic carbocycles. The van der Waals surface area contributed by atoms with E-state index >= 15 is 0 Å². The molecule has 1 N–H and O–H groups in total. The summed E-state index contributed by atoms with van der Waals surface area (Å²) in [6.07, 6.45) is 3.21. The van der Waals surface area contributed by atoms with Crippen LogP contribution in [0.3, 0.4) is 0 Å². The summed E-state index contributed by atoms with van der Waals surface area (Å²) < 4.78 is 5.30. The molecule has 0 atom stereocenters. The predicted molar refractivity (Wildman–Crippen MR) is 69.8 cm³/mol. The van der Waals surface area contributed by atoms with E-state index in [0.717, 1.165) is 0 Å². The van der Waals surface area contributed by atoms with Crippen molar-refractivity contribution in [3.63, 3.8) is 0 Å². The Kier molecular flexibility index (Phi) is 4.15. The number of carbonyl (C=O) groups excluding carboxylic acids is 1. The first-order valence-electron chi connectivity index (χ1n) is 5.32. The first-order valence-corrected chi connectivity index (χ1v) is 5.70. The van der Waals surface area contributed by atoms with Crippen LogP contribution in [-0.2, 0) is 4.79 Å². The van der Waals surface area contributed by atoms with Crippen molar-refractivity contribution in [1.29, 1.82) is 0 Å². The van der Waals surface area contributed by atoms with Crippen molar-refractivity contribution in [2.75, 3.05) is 11.9 Å². The van der Waals surface area contributed by atoms with Gasteiger partial charge in [0.05, 0.1) is 11.9 Å². The van der Waals surface area contributed by atoms with Gasteiger partial charge in [0.15, 0.2) is 6.61 Å². The van der Waals surface area contributed by atoms with Crippen molar-refractivity contribution in [3.8, 4) is 5.75 Å². The number of ether oxygens (including phenoxy) is 1. The van der Waals surface area contributed by atoms with Crippen LogP contribution in [0.2, 0.25) is 5.02 Å². The molecule has 0 radical (unpaired) electrons. The van der Waals surface area contributed by atoms with Gasteiger partial charge in [-0.2, -0.15) is 0 Å². The van der Waals surface area contributed by atoms with Gasteiger partial charge in [0.25, 0.3) is 5.91 Å². The van der Waals surface area contributed by atoms with Crippen molar-refractivity contribution >= 4 is 23.2 Å². The molecule has 2 rings (SSSR count). The Labute approximate surface area is 110 Å². The van der Waals surface area contributed by atoms with Crippen LogP contribution in [-0.4, -0.2) is 17.5 Å². The second kappa shape index (κ2) is 6.02. The van der Waals surface area contributed by atoms with E-state index in [1.165, 1.54) is 0 Å². The second-order valence-corrected chi connectivity index (χ2v) is 3.97. The average Bonchev–Trinajstić information content (AvgIpc) is 2.39. The van der Waals surface area contributed by atoms with Gasteiger partial charge in [-0.25, -0.2) is 0 Å². The van der Waals surface area contributed by atoms with Crippen molar-refractivity contribution in [3.05, 3.63) is 53.8 Å². The Hall–Kier alpha value is -2.07. The van der Waals surface area contributed by atoms with Gasteiger partial charge in [0.1, 0.15) is 5.75 Å². The number of halogens is 1. The Bertz CT molecular complexity index is 514. The largest absolute Gasteiger partial charge is 0.484 e. The average molecular weight is 263 g/mol. The first kappa shape index (κ1) is 12.4. The predicted octanol–water partition coefficient (Wildman–Crippen LogP) is 2.75. The third-order valence-electron chi connectivity index (χ3n) is 2.13. The number of nitrogens with one attached hydrogen (secondary N) is 1. The summed E-state index contributed by atoms with van der Waals surface area (Å²) in [5.41, 5.74) is 0.641. The molecular formula is C13H11ClN2O2. The number of amides is 1. The molecule has 1 aromatic carbocycles. The van der Waals surface area contributed by atoms with Gasteiger partial charge in [-0.1, -0.05) is 11.6 Å². The maximum atomic E-state index is 11.6. The number of carbonyl (C=O) groups is 1. The van der Waals surface area contributed by atoms with Crippen LogP contribution in [0.4, 0.5) is 5.69 Å². The van der Waals surface area contributed by atoms with E-state index in [1.54, 1.807) is 48.8 Å². The summed E-state index contributed by atoms with van der Waals surface area (Å²) in [5.74, 6) is 0.360. The molecule has 4 nitrogen and oxygen atoms in total. The number of hydrogen-bond donors (Lipinski definition) is 1. The van der Waals surface area contributed by atoms with Gasteiger partial charge < -0.3 is 10.1 Å². The standard InChI is InChI=1S/C13H11ClN2O2/c14-10-3-5-12(6-4-10)18-9-13(17)16-11-2-1-7-15-8-11/h1-8H,9H2,(H,16,17). The van der Waals surface area contributed by atoms with Crippen molar-refractivity contribution in [2.24, 2.45) is 0 Å². The minimum absolute atomic E-state index is 0.0590. The van der Waals surface area contributed by atoms with Crippen LogP contribution < -0.4 is 10.1 Å². The van der Waals surface area contributed by atoms with E-state index in [4.69, 9.17) is 16.3 Å². The van der Waals surface area contributed by atoms with Gasteiger partial charge in [0, 0.05) is 11.2 Å². The quantitative estimate of drug-likeness (QED) is 0.922. The third kappa shape index (κ3) is 3.75. The van der Waals surface area contributed by atoms with Crippen LogP contribution in [0.1, 0.15) is 0 Å². The topological polar surface area (TPSA) is 51.2 Å². The molecule has 1 aromatic heterocycles. The summed E-state index contributed by atoms with van der Waals surface area (Å²) in [6.45, 7) is -0.0590. The van der Waals surface area contributed by atoms with E-state index < -0.39 is 0 Å². The molecule has 92 valence electrons. The van der Waals surface area contributed by atoms with Crippen LogP contribution in [0.5, 0.6) is 5.75 Å². The number of anilines is 1. The van der Waals surface area contributed by atoms with Crippen LogP contribution in [0, 0.1) is 0 Å². The number of hydrogen-bond acceptors (Lipinski definition) is 3. The molecule has 5 heteroatoms. The maximum Gasteiger partial charge on any atom is 0.262 e. The third-order valence-corrected chi connectivity index (χ3v) is 2.38. The lowest BCUT2D eigenvalue weighted by Gasteiger charge is -2.07. The smallest absolute Gasteiger partial charge is 0.262 e. The Morgan fingerprint density at radius 3 is 2.72 bits per heavy atom. The Morgan fingerprint density at radius 2 is 2.06 bits per heavy atom. The highest BCUT2D eigenvalue weighted by Gasteiger charge is 2.03. The van der Waals surface area contributed by atoms with E-state index in [1.807, 2.05) is 0 Å². The van der Waals surface area contributed by atoms with Crippen LogP contribution in [0.25, 0.3) is 0 Å². The summed E-state index contributed by atoms with van der Waals surface area (Å²) in [5, 5.41) is 3.30. The summed E-state index contributed by atoms with van der Waals surface area (Å²) in [6, 6.07) is 10.3. The molecule has 0 bridgehead atoms. The molecule has 1 amide bonds. The molecule has 1 heterocycles. The number of rotatable bonds is 4. The molecule has 0 saturated heterocycles. The minimum Gasteiger partial charge on any atom is -0.484 e. The highest BCUT2D eigenvalue weighted by molar-refractivity contribution is 6.30. The molecule has 18 heavy (non-hydrogen) atoms. The lowest BCUT2D eigenvalue weighted by molar-refractivity contribution is -0.118. The molecule has 0 aliphatic heterocycles. The Balaban J connectivity index is 1.83. The SMILES string of the molecule is O=C(COc1ccc(Cl)cc1)Nc1cccnc1. The van der Waals surface area contributed by atoms with E-state index in [2.05, 4.69) is 10.3 Å². The minimum atomic E-state index is -0.238. The zero-order chi connectivity index (χ0) is 12.8. The fourth-order valence-corrected chi connectivity index (χ4v) is 1.44. The second-order valence-electron chi connectivity index (χ2n) is 3.53. The summed E-state index contributed by atoms with van der Waals surface area (Å²) >= 11 is 5.74. The summed E-state index contributed by atoms with van der Waals surface area (Å²) in [7, 11) is 0. The first-order chi connectivity index (χ1) is 8.74. The highest BCUT2D eigenvalue weighted by atomic mass is 35.5. The number of benzene rings is 1. The van der Waals surface area contributed by atoms with Gasteiger partial charge >= 0.3 is 0 Å². The van der Waals surface area contributed by atoms with Crippen molar-refractivity contribution in [1.82, 2.24) is 4.98 Å². The number of nitrogens with zero attached hydrogens (tertiary/aromatic N) is 1. The fourth-order valence-electron chi connectivity index (χ4n) is 1.31. The highest BCUT2D eigenvalue weighted by Crippen LogP contribution is 2.15. The molecule has 0 unspecified atom stereocenters. The van der Waals surface area contributed by atoms with Gasteiger partial charge in [0.2, 0.25) is 0 Å². The van der Waals surface area contributed by atoms with Crippen molar-refractivity contribution < 1.29 is 9.53 Å². The zero-order valence-electron chi connectivity index (χ0n) is 9.47. The fraction of sp³-hybridized carbons (Fsp3) is 0.0769. The lowest BCUT2D eigenvalue weighted by atomic mass is 10.3. The van der Waals surface area contributed by atoms with Gasteiger partial charge in [-0.3, -0.25) is 9.78 Å². The van der Waals surface area contributed by atoms with Crippen LogP contribution >= 0.6 is 11.6 Å². The zero-order valence-corrected chi connectivity index (χ0v) is 10.2. The van der Waals surface area contributed by atoms with E-state index in [-0.39, 0.29) is 12.5 Å². The van der Waals surface area contributed by atoms with Crippen LogP contribution in [0.15, 0.2) is 48.8 Å². The molecule has 2 aromatic rings. The number of aromatic nitrogens is 1. The normalized spacial score (nSPS) is 9.83. The van der Waals surface area contributed by atoms with E-state index in [0.29, 0.717) is 16.5 Å². The maximum absolute atomic E-state index is 11.6. The van der Waals surface area contributed by atoms with Crippen molar-refractivity contribution in [2.45, 2.75) is 0 Å².